The van der Waals surface area contributed by atoms with Crippen LogP contribution in [0.5, 0.6) is 5.75 Å². The largest absolute Gasteiger partial charge is 0.508 e. The summed E-state index contributed by atoms with van der Waals surface area (Å²) in [7, 11) is 0. The van der Waals surface area contributed by atoms with E-state index in [4.69, 9.17) is 4.98 Å². The molecule has 7 nitrogen and oxygen atoms in total. The van der Waals surface area contributed by atoms with Gasteiger partial charge in [0, 0.05) is 22.9 Å². The molecule has 0 aliphatic carbocycles. The monoisotopic (exact) mass is 394 g/mol. The van der Waals surface area contributed by atoms with E-state index in [-0.39, 0.29) is 5.75 Å². The average molecular weight is 394 g/mol. The molecule has 0 saturated heterocycles. The average Bonchev–Trinajstić information content (AvgIpc) is 3.46. The van der Waals surface area contributed by atoms with Gasteiger partial charge in [0.05, 0.1) is 24.3 Å². The lowest BCUT2D eigenvalue weighted by Crippen LogP contribution is -2.08. The molecule has 5 aromatic rings. The van der Waals surface area contributed by atoms with Gasteiger partial charge in [-0.3, -0.25) is 0 Å². The van der Waals surface area contributed by atoms with Crippen molar-refractivity contribution in [2.45, 2.75) is 6.54 Å². The maximum atomic E-state index is 9.74. The Kier molecular flexibility index (Phi) is 4.53. The molecule has 0 aliphatic heterocycles. The van der Waals surface area contributed by atoms with Crippen molar-refractivity contribution in [3.8, 4) is 34.1 Å². The van der Waals surface area contributed by atoms with Crippen molar-refractivity contribution in [1.82, 2.24) is 29.3 Å². The molecule has 0 unspecified atom stereocenters. The zero-order chi connectivity index (χ0) is 20.3. The van der Waals surface area contributed by atoms with E-state index < -0.39 is 0 Å². The Hall–Kier alpha value is -4.26. The van der Waals surface area contributed by atoms with Crippen molar-refractivity contribution in [1.29, 1.82) is 0 Å². The number of pyridine rings is 1. The first kappa shape index (κ1) is 17.8. The second-order valence-corrected chi connectivity index (χ2v) is 6.81. The van der Waals surface area contributed by atoms with Crippen LogP contribution in [0.15, 0.2) is 91.9 Å². The first-order chi connectivity index (χ1) is 14.8. The molecule has 0 saturated carbocycles. The summed E-state index contributed by atoms with van der Waals surface area (Å²) in [5.41, 5.74) is 4.83. The van der Waals surface area contributed by atoms with E-state index in [0.717, 1.165) is 33.9 Å². The topological polar surface area (TPSA) is 81.7 Å². The molecule has 0 atom stereocenters. The number of aromatic hydroxyl groups is 1. The second-order valence-electron chi connectivity index (χ2n) is 6.81. The number of rotatable bonds is 5. The Labute approximate surface area is 173 Å². The van der Waals surface area contributed by atoms with Crippen molar-refractivity contribution < 1.29 is 5.11 Å². The van der Waals surface area contributed by atoms with Crippen LogP contribution in [-0.4, -0.2) is 34.4 Å². The molecular weight excluding hydrogens is 376 g/mol. The fourth-order valence-electron chi connectivity index (χ4n) is 3.49. The smallest absolute Gasteiger partial charge is 0.160 e. The number of phenols is 1. The Morgan fingerprint density at radius 1 is 0.800 bits per heavy atom. The summed E-state index contributed by atoms with van der Waals surface area (Å²) in [6.07, 6.45) is 6.70. The van der Waals surface area contributed by atoms with Gasteiger partial charge in [-0.25, -0.2) is 19.6 Å². The number of benzene rings is 2. The maximum absolute atomic E-state index is 9.74. The normalized spacial score (nSPS) is 10.9. The predicted molar refractivity (Wildman–Crippen MR) is 113 cm³/mol. The summed E-state index contributed by atoms with van der Waals surface area (Å²) in [5, 5.41) is 14.0. The Morgan fingerprint density at radius 2 is 1.63 bits per heavy atom. The quantitative estimate of drug-likeness (QED) is 0.488. The third kappa shape index (κ3) is 3.33. The summed E-state index contributed by atoms with van der Waals surface area (Å²) < 4.78 is 3.75. The van der Waals surface area contributed by atoms with E-state index in [9.17, 15) is 5.11 Å². The molecule has 1 N–H and O–H groups in total. The lowest BCUT2D eigenvalue weighted by atomic mass is 10.0. The van der Waals surface area contributed by atoms with E-state index in [1.54, 1.807) is 29.3 Å². The molecule has 2 aromatic carbocycles. The number of hydrogen-bond acceptors (Lipinski definition) is 5. The molecule has 30 heavy (non-hydrogen) atoms. The molecule has 0 radical (unpaired) electrons. The van der Waals surface area contributed by atoms with Gasteiger partial charge in [-0.1, -0.05) is 36.4 Å². The van der Waals surface area contributed by atoms with E-state index in [2.05, 4.69) is 19.6 Å². The van der Waals surface area contributed by atoms with Crippen LogP contribution in [0.4, 0.5) is 0 Å². The fraction of sp³-hybridized carbons (Fsp3) is 0.0435. The minimum atomic E-state index is 0.229. The molecule has 0 spiro atoms. The summed E-state index contributed by atoms with van der Waals surface area (Å²) in [6, 6.07) is 21.2. The second kappa shape index (κ2) is 7.63. The molecule has 5 rings (SSSR count). The van der Waals surface area contributed by atoms with Crippen LogP contribution in [0.2, 0.25) is 0 Å². The fourth-order valence-corrected chi connectivity index (χ4v) is 3.49. The SMILES string of the molecule is Oc1ccc(-c2c(-c3ccccc3)ncn2Cc2cccnc2-n2cncn2)cc1. The van der Waals surface area contributed by atoms with E-state index in [1.165, 1.54) is 6.33 Å². The first-order valence-corrected chi connectivity index (χ1v) is 9.48. The van der Waals surface area contributed by atoms with Gasteiger partial charge in [0.15, 0.2) is 5.82 Å². The lowest BCUT2D eigenvalue weighted by molar-refractivity contribution is 0.475. The van der Waals surface area contributed by atoms with Crippen molar-refractivity contribution in [2.75, 3.05) is 0 Å². The highest BCUT2D eigenvalue weighted by molar-refractivity contribution is 5.78. The number of hydrogen-bond donors (Lipinski definition) is 1. The van der Waals surface area contributed by atoms with Crippen molar-refractivity contribution in [3.05, 3.63) is 97.5 Å². The number of nitrogens with zero attached hydrogens (tertiary/aromatic N) is 6. The summed E-state index contributed by atoms with van der Waals surface area (Å²) in [6.45, 7) is 0.555. The van der Waals surface area contributed by atoms with Gasteiger partial charge in [0.2, 0.25) is 0 Å². The minimum absolute atomic E-state index is 0.229. The van der Waals surface area contributed by atoms with Gasteiger partial charge in [0.25, 0.3) is 0 Å². The summed E-state index contributed by atoms with van der Waals surface area (Å²) in [4.78, 5) is 13.2. The molecule has 0 aliphatic rings. The zero-order valence-electron chi connectivity index (χ0n) is 16.0. The molecule has 0 fully saturated rings. The summed E-state index contributed by atoms with van der Waals surface area (Å²) >= 11 is 0. The lowest BCUT2D eigenvalue weighted by Gasteiger charge is -2.13. The van der Waals surface area contributed by atoms with E-state index in [1.807, 2.05) is 60.9 Å². The van der Waals surface area contributed by atoms with Gasteiger partial charge in [-0.15, -0.1) is 0 Å². The van der Waals surface area contributed by atoms with Gasteiger partial charge < -0.3 is 9.67 Å². The van der Waals surface area contributed by atoms with Gasteiger partial charge >= 0.3 is 0 Å². The molecule has 146 valence electrons. The van der Waals surface area contributed by atoms with Gasteiger partial charge in [-0.05, 0) is 30.3 Å². The van der Waals surface area contributed by atoms with E-state index >= 15 is 0 Å². The molecule has 0 amide bonds. The maximum Gasteiger partial charge on any atom is 0.160 e. The standard InChI is InChI=1S/C23H18N6O/c30-20-10-8-18(9-11-20)22-21(17-5-2-1-3-6-17)26-16-28(22)13-19-7-4-12-25-23(19)29-15-24-14-27-29/h1-12,14-16,30H,13H2. The highest BCUT2D eigenvalue weighted by Gasteiger charge is 2.17. The van der Waals surface area contributed by atoms with Crippen LogP contribution >= 0.6 is 0 Å². The molecule has 3 heterocycles. The Bertz CT molecular complexity index is 1260. The van der Waals surface area contributed by atoms with Crippen molar-refractivity contribution >= 4 is 0 Å². The Morgan fingerprint density at radius 3 is 2.40 bits per heavy atom. The predicted octanol–water partition coefficient (Wildman–Crippen LogP) is 3.95. The van der Waals surface area contributed by atoms with Crippen LogP contribution in [-0.2, 0) is 6.54 Å². The van der Waals surface area contributed by atoms with Crippen LogP contribution in [0.25, 0.3) is 28.3 Å². The van der Waals surface area contributed by atoms with Crippen molar-refractivity contribution in [3.63, 3.8) is 0 Å². The van der Waals surface area contributed by atoms with Crippen molar-refractivity contribution in [2.24, 2.45) is 0 Å². The first-order valence-electron chi connectivity index (χ1n) is 9.48. The number of imidazole rings is 1. The highest BCUT2D eigenvalue weighted by atomic mass is 16.3. The number of aromatic nitrogens is 6. The third-order valence-corrected chi connectivity index (χ3v) is 4.87. The zero-order valence-corrected chi connectivity index (χ0v) is 16.0. The minimum Gasteiger partial charge on any atom is -0.508 e. The molecule has 7 heteroatoms. The highest BCUT2D eigenvalue weighted by Crippen LogP contribution is 2.32. The molecule has 3 aromatic heterocycles. The Balaban J connectivity index is 1.63. The third-order valence-electron chi connectivity index (χ3n) is 4.87. The summed E-state index contributed by atoms with van der Waals surface area (Å²) in [5.74, 6) is 0.952. The van der Waals surface area contributed by atoms with Crippen LogP contribution in [0.3, 0.4) is 0 Å². The van der Waals surface area contributed by atoms with Crippen LogP contribution < -0.4 is 0 Å². The van der Waals surface area contributed by atoms with Crippen LogP contribution in [0.1, 0.15) is 5.56 Å². The van der Waals surface area contributed by atoms with Gasteiger partial charge in [0.1, 0.15) is 18.4 Å². The molecule has 0 bridgehead atoms. The van der Waals surface area contributed by atoms with Gasteiger partial charge in [-0.2, -0.15) is 5.10 Å². The van der Waals surface area contributed by atoms with Crippen LogP contribution in [0, 0.1) is 0 Å². The molecular formula is C23H18N6O. The number of phenolic OH excluding ortho intramolecular Hbond substituents is 1. The van der Waals surface area contributed by atoms with E-state index in [0.29, 0.717) is 6.54 Å².